The third-order valence-electron chi connectivity index (χ3n) is 3.09. The van der Waals surface area contributed by atoms with Gasteiger partial charge in [-0.25, -0.2) is 9.66 Å². The number of nitrogens with two attached hydrogens (primary N) is 1. The maximum atomic E-state index is 10.8. The third-order valence-corrected chi connectivity index (χ3v) is 3.09. The van der Waals surface area contributed by atoms with Gasteiger partial charge in [0.2, 0.25) is 11.9 Å². The van der Waals surface area contributed by atoms with Crippen LogP contribution in [0.1, 0.15) is 18.2 Å². The van der Waals surface area contributed by atoms with Crippen LogP contribution in [0.3, 0.4) is 0 Å². The Kier molecular flexibility index (Phi) is 5.78. The molecular weight excluding hydrogens is 310 g/mol. The number of nitrogens with zero attached hydrogens (tertiary/aromatic N) is 3. The van der Waals surface area contributed by atoms with Gasteiger partial charge in [0.15, 0.2) is 11.5 Å². The molecule has 24 heavy (non-hydrogen) atoms. The maximum Gasteiger partial charge on any atom is 0.221 e. The topological polar surface area (TPSA) is 104 Å². The van der Waals surface area contributed by atoms with E-state index in [4.69, 9.17) is 15.2 Å². The van der Waals surface area contributed by atoms with E-state index in [2.05, 4.69) is 15.4 Å². The molecule has 0 aliphatic rings. The molecular formula is C16H21N5O3. The second-order valence-corrected chi connectivity index (χ2v) is 5.07. The number of hydrogen-bond donors (Lipinski definition) is 2. The largest absolute Gasteiger partial charge is 0.493 e. The summed E-state index contributed by atoms with van der Waals surface area (Å²) >= 11 is 0. The van der Waals surface area contributed by atoms with Crippen molar-refractivity contribution in [3.8, 4) is 11.5 Å². The molecule has 0 fully saturated rings. The minimum absolute atomic E-state index is 0.0915. The number of benzene rings is 1. The fourth-order valence-corrected chi connectivity index (χ4v) is 2.00. The summed E-state index contributed by atoms with van der Waals surface area (Å²) in [6.07, 6.45) is 3.39. The number of aryl methyl sites for hydroxylation is 1. The zero-order chi connectivity index (χ0) is 17.5. The second kappa shape index (κ2) is 8.00. The van der Waals surface area contributed by atoms with Crippen molar-refractivity contribution in [1.82, 2.24) is 15.0 Å². The van der Waals surface area contributed by atoms with Crippen LogP contribution >= 0.6 is 0 Å². The summed E-state index contributed by atoms with van der Waals surface area (Å²) in [6, 6.07) is 5.44. The number of aromatic nitrogens is 2. The molecule has 8 heteroatoms. The van der Waals surface area contributed by atoms with Crippen molar-refractivity contribution >= 4 is 18.1 Å². The van der Waals surface area contributed by atoms with Crippen molar-refractivity contribution < 1.29 is 14.3 Å². The minimum atomic E-state index is -0.0915. The molecule has 3 N–H and O–H groups in total. The lowest BCUT2D eigenvalue weighted by atomic mass is 10.2. The van der Waals surface area contributed by atoms with Gasteiger partial charge in [0, 0.05) is 6.92 Å². The number of nitrogen functional groups attached to an aromatic ring is 1. The quantitative estimate of drug-likeness (QED) is 0.586. The third kappa shape index (κ3) is 4.73. The van der Waals surface area contributed by atoms with E-state index in [0.717, 1.165) is 11.3 Å². The smallest absolute Gasteiger partial charge is 0.221 e. The first-order valence-corrected chi connectivity index (χ1v) is 7.40. The highest BCUT2D eigenvalue weighted by molar-refractivity contribution is 5.81. The predicted octanol–water partition coefficient (Wildman–Crippen LogP) is 1.18. The molecule has 0 aliphatic carbocycles. The number of imidazole rings is 1. The summed E-state index contributed by atoms with van der Waals surface area (Å²) < 4.78 is 12.4. The molecule has 1 amide bonds. The van der Waals surface area contributed by atoms with Crippen molar-refractivity contribution in [2.75, 3.05) is 26.0 Å². The molecule has 2 aromatic rings. The van der Waals surface area contributed by atoms with E-state index in [1.54, 1.807) is 31.7 Å². The number of rotatable bonds is 7. The van der Waals surface area contributed by atoms with E-state index in [1.807, 2.05) is 13.0 Å². The molecule has 0 saturated carbocycles. The van der Waals surface area contributed by atoms with Crippen molar-refractivity contribution in [3.05, 3.63) is 35.7 Å². The molecule has 0 radical (unpaired) electrons. The van der Waals surface area contributed by atoms with Crippen molar-refractivity contribution in [1.29, 1.82) is 0 Å². The summed E-state index contributed by atoms with van der Waals surface area (Å²) in [5, 5.41) is 6.92. The van der Waals surface area contributed by atoms with Crippen LogP contribution in [-0.4, -0.2) is 42.0 Å². The van der Waals surface area contributed by atoms with E-state index in [1.165, 1.54) is 11.6 Å². The molecule has 8 nitrogen and oxygen atoms in total. The number of methoxy groups -OCH3 is 1. The maximum absolute atomic E-state index is 10.8. The Morgan fingerprint density at radius 2 is 2.25 bits per heavy atom. The summed E-state index contributed by atoms with van der Waals surface area (Å²) in [6.45, 7) is 4.09. The number of carbonyl (C=O) groups excluding carboxylic acids is 1. The lowest BCUT2D eigenvalue weighted by Gasteiger charge is -2.11. The SMILES string of the molecule is COc1cc(C=Nn2cc(C)nc2N)ccc1OCCNC(C)=O. The van der Waals surface area contributed by atoms with Gasteiger partial charge < -0.3 is 20.5 Å². The van der Waals surface area contributed by atoms with E-state index in [9.17, 15) is 4.79 Å². The Morgan fingerprint density at radius 1 is 1.46 bits per heavy atom. The number of amides is 1. The van der Waals surface area contributed by atoms with Gasteiger partial charge in [-0.1, -0.05) is 0 Å². The molecule has 1 heterocycles. The zero-order valence-corrected chi connectivity index (χ0v) is 13.9. The lowest BCUT2D eigenvalue weighted by Crippen LogP contribution is -2.25. The van der Waals surface area contributed by atoms with Gasteiger partial charge in [0.05, 0.1) is 31.8 Å². The first-order chi connectivity index (χ1) is 11.5. The molecule has 128 valence electrons. The summed E-state index contributed by atoms with van der Waals surface area (Å²) in [5.41, 5.74) is 7.36. The summed E-state index contributed by atoms with van der Waals surface area (Å²) in [4.78, 5) is 14.9. The van der Waals surface area contributed by atoms with Crippen LogP contribution in [0.4, 0.5) is 5.95 Å². The van der Waals surface area contributed by atoms with Crippen LogP contribution in [0.15, 0.2) is 29.5 Å². The Hall–Kier alpha value is -3.03. The van der Waals surface area contributed by atoms with Gasteiger partial charge in [-0.2, -0.15) is 5.10 Å². The van der Waals surface area contributed by atoms with Crippen molar-refractivity contribution in [2.24, 2.45) is 5.10 Å². The number of carbonyl (C=O) groups is 1. The van der Waals surface area contributed by atoms with Gasteiger partial charge in [-0.3, -0.25) is 4.79 Å². The Morgan fingerprint density at radius 3 is 2.88 bits per heavy atom. The molecule has 1 aromatic heterocycles. The first kappa shape index (κ1) is 17.3. The van der Waals surface area contributed by atoms with Crippen molar-refractivity contribution in [3.63, 3.8) is 0 Å². The predicted molar refractivity (Wildman–Crippen MR) is 91.5 cm³/mol. The number of anilines is 1. The fraction of sp³-hybridized carbons (Fsp3) is 0.312. The molecule has 0 aliphatic heterocycles. The van der Waals surface area contributed by atoms with Crippen LogP contribution in [0.25, 0.3) is 0 Å². The standard InChI is InChI=1S/C16H21N5O3/c1-11-10-21(16(17)20-11)19-9-13-4-5-14(15(8-13)23-3)24-7-6-18-12(2)22/h4-5,8-10H,6-7H2,1-3H3,(H2,17,20)(H,18,22). The minimum Gasteiger partial charge on any atom is -0.493 e. The summed E-state index contributed by atoms with van der Waals surface area (Å²) in [7, 11) is 1.56. The average molecular weight is 331 g/mol. The number of nitrogens with one attached hydrogen (secondary N) is 1. The van der Waals surface area contributed by atoms with Gasteiger partial charge in [0.25, 0.3) is 0 Å². The molecule has 0 saturated heterocycles. The Labute approximate surface area is 140 Å². The highest BCUT2D eigenvalue weighted by atomic mass is 16.5. The average Bonchev–Trinajstić information content (AvgIpc) is 2.87. The Bertz CT molecular complexity index is 739. The highest BCUT2D eigenvalue weighted by Crippen LogP contribution is 2.27. The fourth-order valence-electron chi connectivity index (χ4n) is 2.00. The van der Waals surface area contributed by atoms with Crippen molar-refractivity contribution in [2.45, 2.75) is 13.8 Å². The lowest BCUT2D eigenvalue weighted by molar-refractivity contribution is -0.119. The normalized spacial score (nSPS) is 10.8. The van der Waals surface area contributed by atoms with Gasteiger partial charge >= 0.3 is 0 Å². The van der Waals surface area contributed by atoms with Crippen LogP contribution in [0, 0.1) is 6.92 Å². The molecule has 0 atom stereocenters. The Balaban J connectivity index is 2.05. The van der Waals surface area contributed by atoms with Crippen LogP contribution < -0.4 is 20.5 Å². The van der Waals surface area contributed by atoms with Gasteiger partial charge in [0.1, 0.15) is 6.61 Å². The number of ether oxygens (including phenoxy) is 2. The molecule has 1 aromatic carbocycles. The van der Waals surface area contributed by atoms with E-state index >= 15 is 0 Å². The van der Waals surface area contributed by atoms with Gasteiger partial charge in [-0.05, 0) is 30.7 Å². The molecule has 0 bridgehead atoms. The monoisotopic (exact) mass is 331 g/mol. The number of hydrogen-bond acceptors (Lipinski definition) is 6. The second-order valence-electron chi connectivity index (χ2n) is 5.07. The van der Waals surface area contributed by atoms with E-state index in [0.29, 0.717) is 30.6 Å². The first-order valence-electron chi connectivity index (χ1n) is 7.40. The van der Waals surface area contributed by atoms with E-state index < -0.39 is 0 Å². The van der Waals surface area contributed by atoms with E-state index in [-0.39, 0.29) is 5.91 Å². The molecule has 2 rings (SSSR count). The highest BCUT2D eigenvalue weighted by Gasteiger charge is 2.05. The van der Waals surface area contributed by atoms with Gasteiger partial charge in [-0.15, -0.1) is 0 Å². The molecule has 0 unspecified atom stereocenters. The molecule has 0 spiro atoms. The van der Waals surface area contributed by atoms with Crippen LogP contribution in [-0.2, 0) is 4.79 Å². The zero-order valence-electron chi connectivity index (χ0n) is 13.9. The van der Waals surface area contributed by atoms with Crippen LogP contribution in [0.5, 0.6) is 11.5 Å². The summed E-state index contributed by atoms with van der Waals surface area (Å²) in [5.74, 6) is 1.41. The van der Waals surface area contributed by atoms with Crippen LogP contribution in [0.2, 0.25) is 0 Å².